The number of nitrogens with zero attached hydrogens (tertiary/aromatic N) is 5. The van der Waals surface area contributed by atoms with E-state index < -0.39 is 0 Å². The number of aryl methyl sites for hydroxylation is 1. The van der Waals surface area contributed by atoms with Crippen molar-refractivity contribution in [3.8, 4) is 6.07 Å². The molecule has 0 spiro atoms. The Kier molecular flexibility index (Phi) is 4.15. The zero-order valence-corrected chi connectivity index (χ0v) is 12.5. The Morgan fingerprint density at radius 2 is 2.18 bits per heavy atom. The molecule has 2 aromatic heterocycles. The Labute approximate surface area is 129 Å². The molecule has 112 valence electrons. The van der Waals surface area contributed by atoms with Gasteiger partial charge in [0.2, 0.25) is 0 Å². The first kappa shape index (κ1) is 14.3. The maximum atomic E-state index is 8.80. The van der Waals surface area contributed by atoms with E-state index >= 15 is 0 Å². The van der Waals surface area contributed by atoms with E-state index in [1.165, 1.54) is 0 Å². The van der Waals surface area contributed by atoms with Crippen molar-refractivity contribution < 1.29 is 0 Å². The highest BCUT2D eigenvalue weighted by Crippen LogP contribution is 2.19. The van der Waals surface area contributed by atoms with Crippen molar-refractivity contribution in [3.05, 3.63) is 41.7 Å². The van der Waals surface area contributed by atoms with Crippen LogP contribution in [-0.4, -0.2) is 34.3 Å². The Morgan fingerprint density at radius 1 is 1.27 bits per heavy atom. The highest BCUT2D eigenvalue weighted by molar-refractivity contribution is 5.42. The lowest BCUT2D eigenvalue weighted by molar-refractivity contribution is 0.524. The molecule has 0 amide bonds. The van der Waals surface area contributed by atoms with Gasteiger partial charge in [-0.25, -0.2) is 4.98 Å². The summed E-state index contributed by atoms with van der Waals surface area (Å²) in [5, 5.41) is 20.6. The fourth-order valence-electron chi connectivity index (χ4n) is 2.62. The molecule has 0 saturated carbocycles. The smallest absolute Gasteiger partial charge is 0.151 e. The number of rotatable bonds is 3. The Morgan fingerprint density at radius 3 is 2.86 bits per heavy atom. The zero-order valence-electron chi connectivity index (χ0n) is 12.5. The summed E-state index contributed by atoms with van der Waals surface area (Å²) in [6.07, 6.45) is 3.79. The van der Waals surface area contributed by atoms with Crippen LogP contribution in [0.3, 0.4) is 0 Å². The number of anilines is 2. The second kappa shape index (κ2) is 6.39. The minimum atomic E-state index is 0.317. The first-order chi connectivity index (χ1) is 10.7. The molecule has 1 N–H and O–H groups in total. The van der Waals surface area contributed by atoms with Crippen molar-refractivity contribution in [3.63, 3.8) is 0 Å². The van der Waals surface area contributed by atoms with Crippen LogP contribution in [0.1, 0.15) is 24.1 Å². The predicted molar refractivity (Wildman–Crippen MR) is 84.6 cm³/mol. The second-order valence-electron chi connectivity index (χ2n) is 5.51. The van der Waals surface area contributed by atoms with Gasteiger partial charge >= 0.3 is 0 Å². The summed E-state index contributed by atoms with van der Waals surface area (Å²) in [5.41, 5.74) is 1.50. The molecule has 6 heteroatoms. The summed E-state index contributed by atoms with van der Waals surface area (Å²) in [7, 11) is 0. The molecular formula is C16H18N6. The molecule has 1 fully saturated rings. The van der Waals surface area contributed by atoms with E-state index in [1.54, 1.807) is 12.3 Å². The standard InChI is InChI=1S/C16H18N6/c1-12-4-7-16(21-20-12)22-8-2-3-14(11-22)19-15-6-5-13(9-17)10-18-15/h4-7,10,14H,2-3,8,11H2,1H3,(H,18,19). The quantitative estimate of drug-likeness (QED) is 0.934. The molecule has 1 aliphatic rings. The Bertz CT molecular complexity index is 659. The first-order valence-electron chi connectivity index (χ1n) is 7.42. The van der Waals surface area contributed by atoms with Gasteiger partial charge in [0.1, 0.15) is 11.9 Å². The lowest BCUT2D eigenvalue weighted by Crippen LogP contribution is -2.42. The van der Waals surface area contributed by atoms with Gasteiger partial charge in [0.15, 0.2) is 5.82 Å². The lowest BCUT2D eigenvalue weighted by atomic mass is 10.1. The van der Waals surface area contributed by atoms with Gasteiger partial charge in [0.05, 0.1) is 11.3 Å². The summed E-state index contributed by atoms with van der Waals surface area (Å²) < 4.78 is 0. The molecule has 1 atom stereocenters. The van der Waals surface area contributed by atoms with Crippen LogP contribution in [0.5, 0.6) is 0 Å². The summed E-state index contributed by atoms with van der Waals surface area (Å²) in [6.45, 7) is 3.81. The SMILES string of the molecule is Cc1ccc(N2CCCC(Nc3ccc(C#N)cn3)C2)nn1. The van der Waals surface area contributed by atoms with Gasteiger partial charge in [0.25, 0.3) is 0 Å². The van der Waals surface area contributed by atoms with E-state index in [1.807, 2.05) is 25.1 Å². The zero-order chi connectivity index (χ0) is 15.4. The minimum Gasteiger partial charge on any atom is -0.366 e. The number of piperidine rings is 1. The van der Waals surface area contributed by atoms with Crippen LogP contribution in [0.15, 0.2) is 30.5 Å². The molecule has 0 bridgehead atoms. The van der Waals surface area contributed by atoms with Crippen LogP contribution >= 0.6 is 0 Å². The third kappa shape index (κ3) is 3.31. The van der Waals surface area contributed by atoms with Crippen molar-refractivity contribution in [2.75, 3.05) is 23.3 Å². The lowest BCUT2D eigenvalue weighted by Gasteiger charge is -2.33. The topological polar surface area (TPSA) is 77.7 Å². The predicted octanol–water partition coefficient (Wildman–Crippen LogP) is 2.13. The van der Waals surface area contributed by atoms with Crippen molar-refractivity contribution in [1.29, 1.82) is 5.26 Å². The number of hydrogen-bond acceptors (Lipinski definition) is 6. The average molecular weight is 294 g/mol. The largest absolute Gasteiger partial charge is 0.366 e. The van der Waals surface area contributed by atoms with Crippen LogP contribution in [-0.2, 0) is 0 Å². The van der Waals surface area contributed by atoms with Crippen molar-refractivity contribution in [2.45, 2.75) is 25.8 Å². The van der Waals surface area contributed by atoms with Crippen LogP contribution < -0.4 is 10.2 Å². The van der Waals surface area contributed by atoms with Crippen LogP contribution in [0.25, 0.3) is 0 Å². The van der Waals surface area contributed by atoms with E-state index in [9.17, 15) is 0 Å². The van der Waals surface area contributed by atoms with Gasteiger partial charge in [-0.2, -0.15) is 10.4 Å². The van der Waals surface area contributed by atoms with Gasteiger partial charge in [-0.05, 0) is 44.0 Å². The maximum absolute atomic E-state index is 8.80. The molecule has 1 unspecified atom stereocenters. The van der Waals surface area contributed by atoms with Crippen molar-refractivity contribution >= 4 is 11.6 Å². The normalized spacial score (nSPS) is 17.8. The molecule has 0 aliphatic carbocycles. The number of nitriles is 1. The maximum Gasteiger partial charge on any atom is 0.151 e. The summed E-state index contributed by atoms with van der Waals surface area (Å²) in [5.74, 6) is 1.73. The van der Waals surface area contributed by atoms with E-state index in [4.69, 9.17) is 5.26 Å². The monoisotopic (exact) mass is 294 g/mol. The van der Waals surface area contributed by atoms with Crippen LogP contribution in [0, 0.1) is 18.3 Å². The molecular weight excluding hydrogens is 276 g/mol. The Hall–Kier alpha value is -2.68. The minimum absolute atomic E-state index is 0.317. The summed E-state index contributed by atoms with van der Waals surface area (Å²) >= 11 is 0. The molecule has 0 aromatic carbocycles. The molecule has 6 nitrogen and oxygen atoms in total. The first-order valence-corrected chi connectivity index (χ1v) is 7.42. The van der Waals surface area contributed by atoms with E-state index in [0.717, 1.165) is 43.3 Å². The third-order valence-corrected chi connectivity index (χ3v) is 3.77. The highest BCUT2D eigenvalue weighted by Gasteiger charge is 2.21. The fourth-order valence-corrected chi connectivity index (χ4v) is 2.62. The molecule has 22 heavy (non-hydrogen) atoms. The Balaban J connectivity index is 1.65. The number of hydrogen-bond donors (Lipinski definition) is 1. The molecule has 1 aliphatic heterocycles. The molecule has 1 saturated heterocycles. The molecule has 3 heterocycles. The third-order valence-electron chi connectivity index (χ3n) is 3.77. The number of nitrogens with one attached hydrogen (secondary N) is 1. The average Bonchev–Trinajstić information content (AvgIpc) is 2.56. The van der Waals surface area contributed by atoms with Gasteiger partial charge in [0, 0.05) is 25.3 Å². The fraction of sp³-hybridized carbons (Fsp3) is 0.375. The number of pyridine rings is 1. The van der Waals surface area contributed by atoms with Crippen LogP contribution in [0.4, 0.5) is 11.6 Å². The van der Waals surface area contributed by atoms with Crippen molar-refractivity contribution in [2.24, 2.45) is 0 Å². The molecule has 0 radical (unpaired) electrons. The van der Waals surface area contributed by atoms with Crippen molar-refractivity contribution in [1.82, 2.24) is 15.2 Å². The number of aromatic nitrogens is 3. The van der Waals surface area contributed by atoms with Gasteiger partial charge in [-0.3, -0.25) is 0 Å². The van der Waals surface area contributed by atoms with E-state index in [2.05, 4.69) is 31.5 Å². The summed E-state index contributed by atoms with van der Waals surface area (Å²) in [6, 6.07) is 10.0. The van der Waals surface area contributed by atoms with E-state index in [-0.39, 0.29) is 0 Å². The van der Waals surface area contributed by atoms with E-state index in [0.29, 0.717) is 11.6 Å². The highest BCUT2D eigenvalue weighted by atomic mass is 15.3. The second-order valence-corrected chi connectivity index (χ2v) is 5.51. The van der Waals surface area contributed by atoms with Gasteiger partial charge < -0.3 is 10.2 Å². The molecule has 3 rings (SSSR count). The van der Waals surface area contributed by atoms with Gasteiger partial charge in [-0.15, -0.1) is 5.10 Å². The van der Waals surface area contributed by atoms with Crippen LogP contribution in [0.2, 0.25) is 0 Å². The van der Waals surface area contributed by atoms with Gasteiger partial charge in [-0.1, -0.05) is 0 Å². The molecule has 2 aromatic rings. The summed E-state index contributed by atoms with van der Waals surface area (Å²) in [4.78, 5) is 6.52.